The number of alkyl halides is 2. The Morgan fingerprint density at radius 2 is 1.75 bits per heavy atom. The Morgan fingerprint density at radius 1 is 1.08 bits per heavy atom. The van der Waals surface area contributed by atoms with E-state index in [0.717, 1.165) is 3.57 Å². The molecule has 0 aliphatic rings. The molecule has 0 saturated heterocycles. The summed E-state index contributed by atoms with van der Waals surface area (Å²) in [5.41, 5.74) is 0.373. The predicted octanol–water partition coefficient (Wildman–Crippen LogP) is 3.69. The molecule has 0 saturated carbocycles. The van der Waals surface area contributed by atoms with E-state index in [-0.39, 0.29) is 11.4 Å². The van der Waals surface area contributed by atoms with Crippen molar-refractivity contribution in [1.29, 1.82) is 0 Å². The molecule has 126 valence electrons. The van der Waals surface area contributed by atoms with Crippen LogP contribution in [0.3, 0.4) is 0 Å². The van der Waals surface area contributed by atoms with Gasteiger partial charge in [0.2, 0.25) is 0 Å². The highest BCUT2D eigenvalue weighted by Crippen LogP contribution is 2.25. The van der Waals surface area contributed by atoms with E-state index in [1.807, 2.05) is 0 Å². The average molecular weight is 447 g/mol. The van der Waals surface area contributed by atoms with Gasteiger partial charge in [0.15, 0.2) is 6.61 Å². The molecule has 0 aliphatic carbocycles. The molecule has 0 atom stereocenters. The first-order valence-electron chi connectivity index (χ1n) is 6.72. The molecule has 1 amide bonds. The van der Waals surface area contributed by atoms with E-state index in [0.29, 0.717) is 5.56 Å². The molecule has 0 fully saturated rings. The van der Waals surface area contributed by atoms with E-state index in [1.165, 1.54) is 18.2 Å². The lowest BCUT2D eigenvalue weighted by Crippen LogP contribution is -2.21. The van der Waals surface area contributed by atoms with Crippen LogP contribution in [-0.4, -0.2) is 25.1 Å². The summed E-state index contributed by atoms with van der Waals surface area (Å²) in [4.78, 5) is 23.6. The Morgan fingerprint density at radius 3 is 2.42 bits per heavy atom. The van der Waals surface area contributed by atoms with Crippen LogP contribution in [0.25, 0.3) is 0 Å². The Bertz CT molecular complexity index is 722. The summed E-state index contributed by atoms with van der Waals surface area (Å²) in [6, 6.07) is 12.3. The van der Waals surface area contributed by atoms with Gasteiger partial charge in [-0.05, 0) is 59.0 Å². The van der Waals surface area contributed by atoms with Gasteiger partial charge in [0.1, 0.15) is 5.75 Å². The number of amides is 1. The third-order valence-corrected chi connectivity index (χ3v) is 3.51. The normalized spacial score (nSPS) is 10.3. The number of carbonyl (C=O) groups is 2. The number of hydrogen-bond donors (Lipinski definition) is 1. The van der Waals surface area contributed by atoms with Gasteiger partial charge in [-0.25, -0.2) is 4.79 Å². The van der Waals surface area contributed by atoms with Crippen LogP contribution < -0.4 is 10.1 Å². The van der Waals surface area contributed by atoms with Gasteiger partial charge in [0.25, 0.3) is 5.91 Å². The summed E-state index contributed by atoms with van der Waals surface area (Å²) in [6.07, 6.45) is 0. The Labute approximate surface area is 150 Å². The van der Waals surface area contributed by atoms with Crippen LogP contribution in [0.4, 0.5) is 14.5 Å². The highest BCUT2D eigenvalue weighted by molar-refractivity contribution is 14.1. The maximum Gasteiger partial charge on any atom is 0.387 e. The van der Waals surface area contributed by atoms with Crippen molar-refractivity contribution in [2.24, 2.45) is 0 Å². The first kappa shape index (κ1) is 18.1. The number of esters is 1. The Kier molecular flexibility index (Phi) is 6.47. The van der Waals surface area contributed by atoms with Gasteiger partial charge < -0.3 is 14.8 Å². The van der Waals surface area contributed by atoms with E-state index in [2.05, 4.69) is 32.6 Å². The van der Waals surface area contributed by atoms with Crippen molar-refractivity contribution in [2.75, 3.05) is 11.9 Å². The molecule has 0 radical (unpaired) electrons. The van der Waals surface area contributed by atoms with E-state index in [4.69, 9.17) is 4.74 Å². The van der Waals surface area contributed by atoms with Gasteiger partial charge >= 0.3 is 12.6 Å². The van der Waals surface area contributed by atoms with Crippen molar-refractivity contribution < 1.29 is 27.8 Å². The van der Waals surface area contributed by atoms with Crippen molar-refractivity contribution in [3.63, 3.8) is 0 Å². The number of rotatable bonds is 6. The molecule has 0 heterocycles. The number of halogens is 3. The minimum absolute atomic E-state index is 0.0631. The van der Waals surface area contributed by atoms with Crippen molar-refractivity contribution in [3.05, 3.63) is 57.7 Å². The fourth-order valence-corrected chi connectivity index (χ4v) is 2.11. The summed E-state index contributed by atoms with van der Waals surface area (Å²) < 4.78 is 34.7. The second kappa shape index (κ2) is 8.57. The standard InChI is InChI=1S/C16H12F2INO4/c17-16(18)24-13-4-2-1-3-12(13)20-14(21)9-23-15(22)10-5-7-11(19)8-6-10/h1-8,16H,9H2,(H,20,21). The minimum atomic E-state index is -3.01. The smallest absolute Gasteiger partial charge is 0.387 e. The maximum atomic E-state index is 12.3. The molecule has 2 aromatic rings. The van der Waals surface area contributed by atoms with Crippen LogP contribution >= 0.6 is 22.6 Å². The molecule has 0 unspecified atom stereocenters. The van der Waals surface area contributed by atoms with Gasteiger partial charge in [-0.15, -0.1) is 0 Å². The van der Waals surface area contributed by atoms with Crippen LogP contribution in [-0.2, 0) is 9.53 Å². The van der Waals surface area contributed by atoms with Gasteiger partial charge in [0.05, 0.1) is 11.3 Å². The van der Waals surface area contributed by atoms with Crippen LogP contribution in [0.2, 0.25) is 0 Å². The molecule has 0 bridgehead atoms. The van der Waals surface area contributed by atoms with Crippen molar-refractivity contribution >= 4 is 40.2 Å². The highest BCUT2D eigenvalue weighted by atomic mass is 127. The zero-order chi connectivity index (χ0) is 17.5. The molecule has 1 N–H and O–H groups in total. The molecule has 5 nitrogen and oxygen atoms in total. The molecule has 0 aliphatic heterocycles. The van der Waals surface area contributed by atoms with Gasteiger partial charge in [0, 0.05) is 3.57 Å². The third kappa shape index (κ3) is 5.44. The zero-order valence-corrected chi connectivity index (χ0v) is 14.3. The fourth-order valence-electron chi connectivity index (χ4n) is 1.76. The van der Waals surface area contributed by atoms with Gasteiger partial charge in [-0.3, -0.25) is 4.79 Å². The SMILES string of the molecule is O=C(COC(=O)c1ccc(I)cc1)Nc1ccccc1OC(F)F. The number of ether oxygens (including phenoxy) is 2. The molecule has 8 heteroatoms. The van der Waals surface area contributed by atoms with E-state index in [9.17, 15) is 18.4 Å². The fraction of sp³-hybridized carbons (Fsp3) is 0.125. The van der Waals surface area contributed by atoms with Crippen LogP contribution in [0.5, 0.6) is 5.75 Å². The minimum Gasteiger partial charge on any atom is -0.452 e. The quantitative estimate of drug-likeness (QED) is 0.542. The highest BCUT2D eigenvalue weighted by Gasteiger charge is 2.13. The summed E-state index contributed by atoms with van der Waals surface area (Å²) in [6.45, 7) is -3.56. The van der Waals surface area contributed by atoms with E-state index < -0.39 is 25.1 Å². The lowest BCUT2D eigenvalue weighted by atomic mass is 10.2. The molecular weight excluding hydrogens is 435 g/mol. The van der Waals surface area contributed by atoms with Gasteiger partial charge in [-0.2, -0.15) is 8.78 Å². The summed E-state index contributed by atoms with van der Waals surface area (Å²) in [5, 5.41) is 2.36. The van der Waals surface area contributed by atoms with Crippen molar-refractivity contribution in [3.8, 4) is 5.75 Å². The number of nitrogens with one attached hydrogen (secondary N) is 1. The summed E-state index contributed by atoms with van der Waals surface area (Å²) in [7, 11) is 0. The molecule has 2 aromatic carbocycles. The zero-order valence-electron chi connectivity index (χ0n) is 12.2. The number of hydrogen-bond acceptors (Lipinski definition) is 4. The molecule has 2 rings (SSSR count). The van der Waals surface area contributed by atoms with Gasteiger partial charge in [-0.1, -0.05) is 12.1 Å². The third-order valence-electron chi connectivity index (χ3n) is 2.79. The van der Waals surface area contributed by atoms with E-state index in [1.54, 1.807) is 30.3 Å². The first-order valence-corrected chi connectivity index (χ1v) is 7.80. The van der Waals surface area contributed by atoms with E-state index >= 15 is 0 Å². The predicted molar refractivity (Wildman–Crippen MR) is 91.1 cm³/mol. The number of carbonyl (C=O) groups excluding carboxylic acids is 2. The Hall–Kier alpha value is -2.23. The number of para-hydroxylation sites is 2. The molecule has 0 spiro atoms. The van der Waals surface area contributed by atoms with Crippen LogP contribution in [0.15, 0.2) is 48.5 Å². The monoisotopic (exact) mass is 447 g/mol. The van der Waals surface area contributed by atoms with Crippen LogP contribution in [0, 0.1) is 3.57 Å². The largest absolute Gasteiger partial charge is 0.452 e. The molecule has 24 heavy (non-hydrogen) atoms. The van der Waals surface area contributed by atoms with Crippen molar-refractivity contribution in [2.45, 2.75) is 6.61 Å². The number of anilines is 1. The second-order valence-corrected chi connectivity index (χ2v) is 5.75. The lowest BCUT2D eigenvalue weighted by Gasteiger charge is -2.11. The van der Waals surface area contributed by atoms with Crippen molar-refractivity contribution in [1.82, 2.24) is 0 Å². The molecular formula is C16H12F2INO4. The lowest BCUT2D eigenvalue weighted by molar-refractivity contribution is -0.119. The maximum absolute atomic E-state index is 12.3. The van der Waals surface area contributed by atoms with Crippen LogP contribution in [0.1, 0.15) is 10.4 Å². The number of benzene rings is 2. The topological polar surface area (TPSA) is 64.6 Å². The summed E-state index contributed by atoms with van der Waals surface area (Å²) >= 11 is 2.09. The average Bonchev–Trinajstić information content (AvgIpc) is 2.54. The molecule has 0 aromatic heterocycles. The second-order valence-electron chi connectivity index (χ2n) is 4.51. The summed E-state index contributed by atoms with van der Waals surface area (Å²) in [5.74, 6) is -1.50. The first-order chi connectivity index (χ1) is 11.5. The Balaban J connectivity index is 1.92.